The lowest BCUT2D eigenvalue weighted by molar-refractivity contribution is 0.134. The zero-order valence-corrected chi connectivity index (χ0v) is 21.9. The first-order valence-electron chi connectivity index (χ1n) is 13.0. The van der Waals surface area contributed by atoms with Crippen LogP contribution in [0.1, 0.15) is 40.7 Å². The molecule has 6 nitrogen and oxygen atoms in total. The fourth-order valence-electron chi connectivity index (χ4n) is 5.85. The predicted molar refractivity (Wildman–Crippen MR) is 147 cm³/mol. The van der Waals surface area contributed by atoms with E-state index in [1.165, 1.54) is 23.4 Å². The molecular weight excluding hydrogens is 503 g/mol. The third-order valence-electron chi connectivity index (χ3n) is 7.99. The monoisotopic (exact) mass is 532 g/mol. The number of anilines is 1. The minimum Gasteiger partial charge on any atom is -0.372 e. The van der Waals surface area contributed by atoms with E-state index in [1.54, 1.807) is 6.07 Å². The molecule has 0 radical (unpaired) electrons. The number of carbonyl (C=O) groups excluding carboxylic acids is 1. The predicted octanol–water partition coefficient (Wildman–Crippen LogP) is 5.68. The van der Waals surface area contributed by atoms with Gasteiger partial charge in [0.25, 0.3) is 0 Å². The van der Waals surface area contributed by atoms with Crippen LogP contribution in [0, 0.1) is 5.95 Å². The van der Waals surface area contributed by atoms with Crippen molar-refractivity contribution >= 4 is 29.4 Å². The van der Waals surface area contributed by atoms with Crippen molar-refractivity contribution in [3.8, 4) is 0 Å². The third kappa shape index (κ3) is 5.06. The number of benzene rings is 2. The summed E-state index contributed by atoms with van der Waals surface area (Å²) in [6.07, 6.45) is 7.71. The first kappa shape index (κ1) is 25.0. The van der Waals surface area contributed by atoms with Gasteiger partial charge in [0, 0.05) is 42.0 Å². The summed E-state index contributed by atoms with van der Waals surface area (Å²) in [6, 6.07) is 15.2. The van der Waals surface area contributed by atoms with Gasteiger partial charge in [0.1, 0.15) is 0 Å². The van der Waals surface area contributed by atoms with E-state index in [9.17, 15) is 9.18 Å². The number of rotatable bonds is 5. The first-order valence-corrected chi connectivity index (χ1v) is 13.4. The van der Waals surface area contributed by atoms with Crippen LogP contribution in [-0.2, 0) is 29.9 Å². The molecule has 0 atom stereocenters. The molecule has 0 unspecified atom stereocenters. The maximum atomic E-state index is 13.5. The number of urea groups is 1. The molecule has 3 aliphatic heterocycles. The second-order valence-corrected chi connectivity index (χ2v) is 10.8. The van der Waals surface area contributed by atoms with Gasteiger partial charge in [0.15, 0.2) is 0 Å². The third-order valence-corrected chi connectivity index (χ3v) is 8.24. The lowest BCUT2D eigenvalue weighted by Gasteiger charge is -2.39. The van der Waals surface area contributed by atoms with Crippen LogP contribution in [0.25, 0.3) is 6.08 Å². The number of likely N-dealkylation sites (tertiary alicyclic amines) is 1. The van der Waals surface area contributed by atoms with E-state index < -0.39 is 5.95 Å². The Hall–Kier alpha value is -3.26. The summed E-state index contributed by atoms with van der Waals surface area (Å²) < 4.78 is 19.2. The normalized spacial score (nSPS) is 18.2. The molecule has 0 aliphatic carbocycles. The van der Waals surface area contributed by atoms with Crippen molar-refractivity contribution in [3.05, 3.63) is 99.6 Å². The van der Waals surface area contributed by atoms with Crippen LogP contribution in [0.15, 0.2) is 60.8 Å². The smallest absolute Gasteiger partial charge is 0.322 e. The lowest BCUT2D eigenvalue weighted by Crippen LogP contribution is -2.47. The number of nitrogens with zero attached hydrogens (tertiary/aromatic N) is 3. The molecule has 2 amide bonds. The Kier molecular flexibility index (Phi) is 6.91. The van der Waals surface area contributed by atoms with E-state index in [0.717, 1.165) is 54.3 Å². The minimum absolute atomic E-state index is 0.0799. The molecule has 0 saturated carbocycles. The fraction of sp³-hybridized carbons (Fsp3) is 0.333. The van der Waals surface area contributed by atoms with Crippen molar-refractivity contribution in [2.24, 2.45) is 0 Å². The Morgan fingerprint density at radius 3 is 2.63 bits per heavy atom. The summed E-state index contributed by atoms with van der Waals surface area (Å²) in [5, 5.41) is 3.73. The lowest BCUT2D eigenvalue weighted by atomic mass is 9.73. The van der Waals surface area contributed by atoms with Crippen molar-refractivity contribution < 1.29 is 13.9 Å². The Morgan fingerprint density at radius 2 is 1.87 bits per heavy atom. The van der Waals surface area contributed by atoms with E-state index in [0.29, 0.717) is 25.3 Å². The SMILES string of the molecule is O=C(NCc1ccnc(F)c1)N1CC2(CCN(C/C=C/c3ccc(Cl)cc3)CC2)c2cc3c(cc21)COC3. The van der Waals surface area contributed by atoms with Crippen LogP contribution < -0.4 is 10.2 Å². The van der Waals surface area contributed by atoms with Crippen LogP contribution in [0.2, 0.25) is 5.02 Å². The van der Waals surface area contributed by atoms with E-state index >= 15 is 0 Å². The average molecular weight is 533 g/mol. The summed E-state index contributed by atoms with van der Waals surface area (Å²) in [5.74, 6) is -0.549. The van der Waals surface area contributed by atoms with Crippen molar-refractivity contribution in [2.45, 2.75) is 38.0 Å². The summed E-state index contributed by atoms with van der Waals surface area (Å²) in [7, 11) is 0. The summed E-state index contributed by atoms with van der Waals surface area (Å²) in [5.41, 5.74) is 6.35. The van der Waals surface area contributed by atoms with Crippen molar-refractivity contribution in [1.29, 1.82) is 0 Å². The Balaban J connectivity index is 1.16. The quantitative estimate of drug-likeness (QED) is 0.429. The van der Waals surface area contributed by atoms with Gasteiger partial charge in [-0.15, -0.1) is 0 Å². The van der Waals surface area contributed by atoms with Gasteiger partial charge in [-0.05, 0) is 84.1 Å². The van der Waals surface area contributed by atoms with Crippen molar-refractivity contribution in [3.63, 3.8) is 0 Å². The fourth-order valence-corrected chi connectivity index (χ4v) is 5.97. The van der Waals surface area contributed by atoms with Gasteiger partial charge in [-0.3, -0.25) is 9.80 Å². The number of piperidine rings is 1. The summed E-state index contributed by atoms with van der Waals surface area (Å²) in [6.45, 7) is 4.91. The Labute approximate surface area is 227 Å². The maximum Gasteiger partial charge on any atom is 0.322 e. The van der Waals surface area contributed by atoms with Gasteiger partial charge in [-0.1, -0.05) is 42.0 Å². The molecule has 3 aromatic rings. The van der Waals surface area contributed by atoms with E-state index in [1.807, 2.05) is 29.2 Å². The molecule has 196 valence electrons. The number of fused-ring (bicyclic) bond motifs is 3. The Morgan fingerprint density at radius 1 is 1.11 bits per heavy atom. The molecule has 6 rings (SSSR count). The topological polar surface area (TPSA) is 57.7 Å². The van der Waals surface area contributed by atoms with Crippen LogP contribution >= 0.6 is 11.6 Å². The molecule has 1 saturated heterocycles. The highest BCUT2D eigenvalue weighted by Gasteiger charge is 2.47. The first-order chi connectivity index (χ1) is 18.5. The van der Waals surface area contributed by atoms with Crippen molar-refractivity contribution in [1.82, 2.24) is 15.2 Å². The van der Waals surface area contributed by atoms with Gasteiger partial charge in [0.05, 0.1) is 13.2 Å². The second-order valence-electron chi connectivity index (χ2n) is 10.4. The van der Waals surface area contributed by atoms with E-state index in [4.69, 9.17) is 16.3 Å². The highest BCUT2D eigenvalue weighted by atomic mass is 35.5. The molecule has 3 aliphatic rings. The van der Waals surface area contributed by atoms with Gasteiger partial charge in [-0.25, -0.2) is 9.78 Å². The van der Waals surface area contributed by atoms with Crippen molar-refractivity contribution in [2.75, 3.05) is 31.1 Å². The number of aromatic nitrogens is 1. The molecule has 1 spiro atoms. The van der Waals surface area contributed by atoms with Gasteiger partial charge in [-0.2, -0.15) is 4.39 Å². The van der Waals surface area contributed by atoms with Gasteiger partial charge >= 0.3 is 6.03 Å². The molecule has 1 N–H and O–H groups in total. The summed E-state index contributed by atoms with van der Waals surface area (Å²) in [4.78, 5) is 21.3. The largest absolute Gasteiger partial charge is 0.372 e. The number of nitrogens with one attached hydrogen (secondary N) is 1. The zero-order chi connectivity index (χ0) is 26.1. The van der Waals surface area contributed by atoms with Crippen LogP contribution in [0.5, 0.6) is 0 Å². The van der Waals surface area contributed by atoms with Gasteiger partial charge < -0.3 is 10.1 Å². The number of halogens is 2. The highest BCUT2D eigenvalue weighted by Crippen LogP contribution is 2.48. The number of amides is 2. The molecule has 38 heavy (non-hydrogen) atoms. The van der Waals surface area contributed by atoms with Crippen LogP contribution in [0.3, 0.4) is 0 Å². The van der Waals surface area contributed by atoms with Crippen LogP contribution in [-0.4, -0.2) is 42.1 Å². The molecule has 0 bridgehead atoms. The number of ether oxygens (including phenoxy) is 1. The second kappa shape index (κ2) is 10.5. The number of hydrogen-bond acceptors (Lipinski definition) is 4. The number of pyridine rings is 1. The maximum absolute atomic E-state index is 13.5. The van der Waals surface area contributed by atoms with Gasteiger partial charge in [0.2, 0.25) is 5.95 Å². The standard InChI is InChI=1S/C30H30ClFN4O2/c31-25-5-3-21(4-6-25)2-1-11-35-12-8-30(9-13-35)20-36(27-16-24-19-38-18-23(24)15-26(27)30)29(37)34-17-22-7-10-33-28(32)14-22/h1-7,10,14-16H,8-9,11-13,17-20H2,(H,34,37)/b2-1+. The van der Waals surface area contributed by atoms with E-state index in [2.05, 4.69) is 39.5 Å². The molecule has 8 heteroatoms. The molecule has 1 fully saturated rings. The van der Waals surface area contributed by atoms with E-state index in [-0.39, 0.29) is 18.0 Å². The average Bonchev–Trinajstić information content (AvgIpc) is 3.51. The Bertz CT molecular complexity index is 1370. The zero-order valence-electron chi connectivity index (χ0n) is 21.1. The number of carbonyl (C=O) groups is 1. The van der Waals surface area contributed by atoms with Crippen LogP contribution in [0.4, 0.5) is 14.9 Å². The molecule has 4 heterocycles. The molecular formula is C30H30ClFN4O2. The highest BCUT2D eigenvalue weighted by molar-refractivity contribution is 6.30. The molecule has 2 aromatic carbocycles. The molecule has 1 aromatic heterocycles. The minimum atomic E-state index is -0.549. The summed E-state index contributed by atoms with van der Waals surface area (Å²) >= 11 is 5.99. The number of hydrogen-bond donors (Lipinski definition) is 1.